The molecule has 1 aliphatic rings. The van der Waals surface area contributed by atoms with Gasteiger partial charge in [-0.15, -0.1) is 0 Å². The van der Waals surface area contributed by atoms with Crippen molar-refractivity contribution in [3.63, 3.8) is 0 Å². The first-order valence-electron chi connectivity index (χ1n) is 6.65. The minimum atomic E-state index is -4.53. The third-order valence-electron chi connectivity index (χ3n) is 3.09. The third-order valence-corrected chi connectivity index (χ3v) is 3.09. The lowest BCUT2D eigenvalue weighted by atomic mass is 10.1. The second-order valence-corrected chi connectivity index (χ2v) is 6.02. The van der Waals surface area contributed by atoms with Gasteiger partial charge < -0.3 is 14.4 Å². The van der Waals surface area contributed by atoms with Crippen LogP contribution >= 0.6 is 0 Å². The second kappa shape index (κ2) is 5.33. The predicted octanol–water partition coefficient (Wildman–Crippen LogP) is 3.40. The lowest BCUT2D eigenvalue weighted by Crippen LogP contribution is -2.37. The average molecular weight is 318 g/mol. The molecule has 0 N–H and O–H groups in total. The van der Waals surface area contributed by atoms with Crippen molar-refractivity contribution in [2.24, 2.45) is 0 Å². The Bertz CT molecular complexity index is 582. The molecular weight excluding hydrogens is 301 g/mol. The number of rotatable bonds is 1. The van der Waals surface area contributed by atoms with Crippen LogP contribution in [0.1, 0.15) is 38.1 Å². The van der Waals surface area contributed by atoms with Crippen molar-refractivity contribution in [3.05, 3.63) is 23.5 Å². The number of amides is 1. The summed E-state index contributed by atoms with van der Waals surface area (Å²) in [6.07, 6.45) is -4.02. The largest absolute Gasteiger partial charge is 0.491 e. The molecule has 0 fully saturated rings. The quantitative estimate of drug-likeness (QED) is 0.796. The molecule has 0 unspecified atom stereocenters. The molecule has 0 spiro atoms. The first kappa shape index (κ1) is 16.4. The summed E-state index contributed by atoms with van der Waals surface area (Å²) in [7, 11) is 1.51. The number of carbonyl (C=O) groups is 1. The zero-order valence-corrected chi connectivity index (χ0v) is 12.7. The Morgan fingerprint density at radius 1 is 1.41 bits per heavy atom. The van der Waals surface area contributed by atoms with Gasteiger partial charge in [0.2, 0.25) is 0 Å². The predicted molar refractivity (Wildman–Crippen MR) is 71.5 cm³/mol. The molecule has 2 rings (SSSR count). The Kier molecular flexibility index (Phi) is 3.97. The fourth-order valence-corrected chi connectivity index (χ4v) is 2.02. The molecule has 0 bridgehead atoms. The summed E-state index contributed by atoms with van der Waals surface area (Å²) in [6.45, 7) is 5.26. The van der Waals surface area contributed by atoms with E-state index in [1.165, 1.54) is 11.9 Å². The minimum absolute atomic E-state index is 0.0636. The second-order valence-electron chi connectivity index (χ2n) is 6.02. The maximum absolute atomic E-state index is 12.6. The van der Waals surface area contributed by atoms with Gasteiger partial charge in [-0.25, -0.2) is 4.79 Å². The molecule has 1 aromatic rings. The van der Waals surface area contributed by atoms with Gasteiger partial charge in [0.05, 0.1) is 6.04 Å². The molecule has 1 atom stereocenters. The molecule has 8 heteroatoms. The number of carbonyl (C=O) groups excluding carboxylic acids is 1. The van der Waals surface area contributed by atoms with Gasteiger partial charge in [-0.2, -0.15) is 13.2 Å². The fourth-order valence-electron chi connectivity index (χ4n) is 2.02. The fraction of sp³-hybridized carbons (Fsp3) is 0.571. The summed E-state index contributed by atoms with van der Waals surface area (Å²) in [6, 6.07) is 0.317. The van der Waals surface area contributed by atoms with Crippen LogP contribution in [0, 0.1) is 0 Å². The molecule has 0 saturated heterocycles. The van der Waals surface area contributed by atoms with Gasteiger partial charge in [0, 0.05) is 24.9 Å². The molecule has 1 aromatic heterocycles. The lowest BCUT2D eigenvalue weighted by molar-refractivity contribution is -0.141. The third kappa shape index (κ3) is 3.42. The van der Waals surface area contributed by atoms with Crippen LogP contribution in [0.25, 0.3) is 0 Å². The van der Waals surface area contributed by atoms with Crippen LogP contribution in [0.15, 0.2) is 12.3 Å². The van der Waals surface area contributed by atoms with Crippen molar-refractivity contribution in [3.8, 4) is 5.75 Å². The van der Waals surface area contributed by atoms with Crippen molar-refractivity contribution in [1.82, 2.24) is 9.88 Å². The van der Waals surface area contributed by atoms with Gasteiger partial charge in [-0.05, 0) is 20.8 Å². The van der Waals surface area contributed by atoms with Crippen molar-refractivity contribution < 1.29 is 27.4 Å². The van der Waals surface area contributed by atoms with Crippen molar-refractivity contribution in [2.45, 2.75) is 38.6 Å². The first-order valence-corrected chi connectivity index (χ1v) is 6.65. The smallest absolute Gasteiger partial charge is 0.433 e. The maximum atomic E-state index is 12.6. The molecule has 5 nitrogen and oxygen atoms in total. The highest BCUT2D eigenvalue weighted by Crippen LogP contribution is 2.39. The van der Waals surface area contributed by atoms with Gasteiger partial charge in [0.1, 0.15) is 23.7 Å². The topological polar surface area (TPSA) is 51.7 Å². The van der Waals surface area contributed by atoms with Crippen LogP contribution in [-0.2, 0) is 10.9 Å². The van der Waals surface area contributed by atoms with Crippen LogP contribution in [0.4, 0.5) is 18.0 Å². The Morgan fingerprint density at radius 2 is 2.05 bits per heavy atom. The number of fused-ring (bicyclic) bond motifs is 1. The number of nitrogens with zero attached hydrogens (tertiary/aromatic N) is 2. The SMILES string of the molecule is CN(C(=O)OC(C)(C)C)[C@H]1COc2cc(C(F)(F)F)ncc21. The Labute approximate surface area is 126 Å². The number of halogens is 3. The van der Waals surface area contributed by atoms with Crippen LogP contribution in [0.5, 0.6) is 5.75 Å². The molecule has 122 valence electrons. The van der Waals surface area contributed by atoms with Crippen LogP contribution in [-0.4, -0.2) is 35.2 Å². The van der Waals surface area contributed by atoms with Crippen LogP contribution in [0.3, 0.4) is 0 Å². The molecule has 0 aromatic carbocycles. The zero-order valence-electron chi connectivity index (χ0n) is 12.7. The highest BCUT2D eigenvalue weighted by Gasteiger charge is 2.37. The number of alkyl halides is 3. The number of pyridine rings is 1. The summed E-state index contributed by atoms with van der Waals surface area (Å²) >= 11 is 0. The van der Waals surface area contributed by atoms with E-state index in [0.717, 1.165) is 12.3 Å². The lowest BCUT2D eigenvalue weighted by Gasteiger charge is -2.27. The summed E-state index contributed by atoms with van der Waals surface area (Å²) in [5.41, 5.74) is -1.25. The normalized spacial score (nSPS) is 17.7. The highest BCUT2D eigenvalue weighted by molar-refractivity contribution is 5.69. The van der Waals surface area contributed by atoms with Crippen molar-refractivity contribution >= 4 is 6.09 Å². The molecule has 2 heterocycles. The Morgan fingerprint density at radius 3 is 2.59 bits per heavy atom. The van der Waals surface area contributed by atoms with E-state index in [-0.39, 0.29) is 12.4 Å². The van der Waals surface area contributed by atoms with Gasteiger partial charge in [0.15, 0.2) is 0 Å². The van der Waals surface area contributed by atoms with E-state index >= 15 is 0 Å². The monoisotopic (exact) mass is 318 g/mol. The van der Waals surface area contributed by atoms with E-state index in [4.69, 9.17) is 9.47 Å². The minimum Gasteiger partial charge on any atom is -0.491 e. The molecule has 1 amide bonds. The molecule has 0 aliphatic carbocycles. The Hall–Kier alpha value is -1.99. The van der Waals surface area contributed by atoms with E-state index in [9.17, 15) is 18.0 Å². The van der Waals surface area contributed by atoms with Gasteiger partial charge in [0.25, 0.3) is 0 Å². The van der Waals surface area contributed by atoms with E-state index < -0.39 is 29.6 Å². The van der Waals surface area contributed by atoms with Crippen LogP contribution < -0.4 is 4.74 Å². The number of hydrogen-bond acceptors (Lipinski definition) is 4. The maximum Gasteiger partial charge on any atom is 0.433 e. The standard InChI is InChI=1S/C14H17F3N2O3/c1-13(2,3)22-12(20)19(4)9-7-21-10-5-11(14(15,16)17)18-6-8(9)10/h5-6,9H,7H2,1-4H3/t9-/m0/s1. The Balaban J connectivity index is 2.20. The molecule has 22 heavy (non-hydrogen) atoms. The zero-order chi connectivity index (χ0) is 16.7. The number of likely N-dealkylation sites (N-methyl/N-ethyl adjacent to an activating group) is 1. The van der Waals surface area contributed by atoms with Gasteiger partial charge in [-0.1, -0.05) is 0 Å². The molecule has 0 saturated carbocycles. The summed E-state index contributed by atoms with van der Waals surface area (Å²) in [4.78, 5) is 16.7. The van der Waals surface area contributed by atoms with E-state index in [1.807, 2.05) is 0 Å². The van der Waals surface area contributed by atoms with E-state index in [2.05, 4.69) is 4.98 Å². The van der Waals surface area contributed by atoms with E-state index in [1.54, 1.807) is 20.8 Å². The highest BCUT2D eigenvalue weighted by atomic mass is 19.4. The summed E-state index contributed by atoms with van der Waals surface area (Å²) < 4.78 is 48.4. The summed E-state index contributed by atoms with van der Waals surface area (Å²) in [5.74, 6) is 0.0859. The average Bonchev–Trinajstić information content (AvgIpc) is 2.77. The first-order chi connectivity index (χ1) is 9.99. The van der Waals surface area contributed by atoms with Gasteiger partial charge >= 0.3 is 12.3 Å². The number of hydrogen-bond donors (Lipinski definition) is 0. The van der Waals surface area contributed by atoms with Crippen molar-refractivity contribution in [2.75, 3.05) is 13.7 Å². The van der Waals surface area contributed by atoms with Crippen molar-refractivity contribution in [1.29, 1.82) is 0 Å². The molecule has 0 radical (unpaired) electrons. The van der Waals surface area contributed by atoms with Crippen LogP contribution in [0.2, 0.25) is 0 Å². The van der Waals surface area contributed by atoms with E-state index in [0.29, 0.717) is 5.56 Å². The summed E-state index contributed by atoms with van der Waals surface area (Å²) in [5, 5.41) is 0. The molecule has 1 aliphatic heterocycles. The van der Waals surface area contributed by atoms with Gasteiger partial charge in [-0.3, -0.25) is 4.98 Å². The number of aromatic nitrogens is 1. The molecular formula is C14H17F3N2O3. The number of ether oxygens (including phenoxy) is 2.